The standard InChI is InChI=1S/C20H21N5/c1-2-5-17(6-3-1)20-23-18(16-7-10-22-11-8-16)15-19(24-20)25-13-4-9-21-12-14-25/h1-3,5-8,10-11,15,21H,4,9,12-14H2. The van der Waals surface area contributed by atoms with Crippen molar-refractivity contribution in [2.24, 2.45) is 0 Å². The molecule has 2 aromatic heterocycles. The summed E-state index contributed by atoms with van der Waals surface area (Å²) < 4.78 is 0. The van der Waals surface area contributed by atoms with Crippen LogP contribution in [0.2, 0.25) is 0 Å². The van der Waals surface area contributed by atoms with E-state index in [1.54, 1.807) is 12.4 Å². The summed E-state index contributed by atoms with van der Waals surface area (Å²) in [5, 5.41) is 3.45. The molecule has 4 rings (SSSR count). The van der Waals surface area contributed by atoms with Crippen LogP contribution in [0.4, 0.5) is 5.82 Å². The van der Waals surface area contributed by atoms with Gasteiger partial charge in [-0.3, -0.25) is 4.98 Å². The molecule has 1 N–H and O–H groups in total. The van der Waals surface area contributed by atoms with Crippen LogP contribution in [0.3, 0.4) is 0 Å². The molecule has 3 aromatic rings. The van der Waals surface area contributed by atoms with Gasteiger partial charge in [0.05, 0.1) is 5.69 Å². The molecule has 1 fully saturated rings. The van der Waals surface area contributed by atoms with Gasteiger partial charge in [0.1, 0.15) is 5.82 Å². The van der Waals surface area contributed by atoms with Gasteiger partial charge in [0.25, 0.3) is 0 Å². The van der Waals surface area contributed by atoms with Gasteiger partial charge in [0.2, 0.25) is 0 Å². The molecule has 0 spiro atoms. The van der Waals surface area contributed by atoms with Crippen LogP contribution >= 0.6 is 0 Å². The summed E-state index contributed by atoms with van der Waals surface area (Å²) in [6, 6.07) is 16.2. The molecule has 0 atom stereocenters. The minimum absolute atomic E-state index is 0.766. The molecule has 1 aliphatic heterocycles. The number of rotatable bonds is 3. The second kappa shape index (κ2) is 7.40. The van der Waals surface area contributed by atoms with Gasteiger partial charge in [-0.15, -0.1) is 0 Å². The van der Waals surface area contributed by atoms with E-state index in [9.17, 15) is 0 Å². The highest BCUT2D eigenvalue weighted by molar-refractivity contribution is 5.67. The van der Waals surface area contributed by atoms with Crippen LogP contribution in [0.5, 0.6) is 0 Å². The fourth-order valence-corrected chi connectivity index (χ4v) is 3.06. The van der Waals surface area contributed by atoms with Crippen molar-refractivity contribution < 1.29 is 0 Å². The molecule has 5 nitrogen and oxygen atoms in total. The summed E-state index contributed by atoms with van der Waals surface area (Å²) in [4.78, 5) is 16.1. The Morgan fingerprint density at radius 2 is 1.68 bits per heavy atom. The normalized spacial score (nSPS) is 15.0. The van der Waals surface area contributed by atoms with E-state index in [1.165, 1.54) is 0 Å². The number of anilines is 1. The van der Waals surface area contributed by atoms with Crippen molar-refractivity contribution in [3.05, 3.63) is 60.9 Å². The number of benzene rings is 1. The zero-order valence-electron chi connectivity index (χ0n) is 14.1. The molecule has 0 radical (unpaired) electrons. The average Bonchev–Trinajstić information content (AvgIpc) is 2.99. The van der Waals surface area contributed by atoms with Crippen molar-refractivity contribution in [1.29, 1.82) is 0 Å². The largest absolute Gasteiger partial charge is 0.355 e. The van der Waals surface area contributed by atoms with Crippen LogP contribution in [0, 0.1) is 0 Å². The minimum atomic E-state index is 0.766. The van der Waals surface area contributed by atoms with Crippen LogP contribution in [-0.4, -0.2) is 41.1 Å². The Labute approximate surface area is 147 Å². The highest BCUT2D eigenvalue weighted by Gasteiger charge is 2.15. The number of nitrogens with one attached hydrogen (secondary N) is 1. The third-order valence-corrected chi connectivity index (χ3v) is 4.38. The molecule has 0 unspecified atom stereocenters. The van der Waals surface area contributed by atoms with Crippen molar-refractivity contribution in [1.82, 2.24) is 20.3 Å². The smallest absolute Gasteiger partial charge is 0.162 e. The van der Waals surface area contributed by atoms with Gasteiger partial charge in [-0.25, -0.2) is 9.97 Å². The number of hydrogen-bond acceptors (Lipinski definition) is 5. The molecule has 3 heterocycles. The summed E-state index contributed by atoms with van der Waals surface area (Å²) >= 11 is 0. The second-order valence-corrected chi connectivity index (χ2v) is 6.13. The molecular weight excluding hydrogens is 310 g/mol. The van der Waals surface area contributed by atoms with Crippen molar-refractivity contribution in [2.75, 3.05) is 31.1 Å². The predicted molar refractivity (Wildman–Crippen MR) is 100 cm³/mol. The predicted octanol–water partition coefficient (Wildman–Crippen LogP) is 3.01. The van der Waals surface area contributed by atoms with E-state index in [1.807, 2.05) is 30.3 Å². The number of aromatic nitrogens is 3. The van der Waals surface area contributed by atoms with Gasteiger partial charge < -0.3 is 10.2 Å². The van der Waals surface area contributed by atoms with Crippen molar-refractivity contribution in [3.63, 3.8) is 0 Å². The second-order valence-electron chi connectivity index (χ2n) is 6.13. The van der Waals surface area contributed by atoms with E-state index in [0.717, 1.165) is 61.1 Å². The molecule has 0 saturated carbocycles. The Kier molecular flexibility index (Phi) is 4.65. The Bertz CT molecular complexity index is 754. The third-order valence-electron chi connectivity index (χ3n) is 4.38. The SMILES string of the molecule is c1ccc(-c2nc(-c3ccncc3)cc(N3CCCNCC3)n2)cc1. The molecule has 1 aromatic carbocycles. The van der Waals surface area contributed by atoms with Crippen LogP contribution in [-0.2, 0) is 0 Å². The lowest BCUT2D eigenvalue weighted by atomic mass is 10.1. The third kappa shape index (κ3) is 3.67. The molecule has 126 valence electrons. The first kappa shape index (κ1) is 15.7. The lowest BCUT2D eigenvalue weighted by Crippen LogP contribution is -2.28. The highest BCUT2D eigenvalue weighted by atomic mass is 15.2. The average molecular weight is 331 g/mol. The molecule has 1 aliphatic rings. The van der Waals surface area contributed by atoms with Gasteiger partial charge in [-0.05, 0) is 25.1 Å². The maximum absolute atomic E-state index is 4.87. The zero-order valence-corrected chi connectivity index (χ0v) is 14.1. The van der Waals surface area contributed by atoms with Crippen LogP contribution in [0.25, 0.3) is 22.6 Å². The summed E-state index contributed by atoms with van der Waals surface area (Å²) in [6.45, 7) is 4.01. The molecule has 25 heavy (non-hydrogen) atoms. The van der Waals surface area contributed by atoms with Crippen LogP contribution in [0.15, 0.2) is 60.9 Å². The van der Waals surface area contributed by atoms with Crippen LogP contribution < -0.4 is 10.2 Å². The Hall–Kier alpha value is -2.79. The summed E-state index contributed by atoms with van der Waals surface area (Å²) in [5.74, 6) is 1.76. The summed E-state index contributed by atoms with van der Waals surface area (Å²) in [7, 11) is 0. The summed E-state index contributed by atoms with van der Waals surface area (Å²) in [6.07, 6.45) is 4.72. The Morgan fingerprint density at radius 3 is 2.52 bits per heavy atom. The number of pyridine rings is 1. The number of nitrogens with zero attached hydrogens (tertiary/aromatic N) is 4. The monoisotopic (exact) mass is 331 g/mol. The lowest BCUT2D eigenvalue weighted by Gasteiger charge is -2.22. The zero-order chi connectivity index (χ0) is 16.9. The lowest BCUT2D eigenvalue weighted by molar-refractivity contribution is 0.724. The van der Waals surface area contributed by atoms with E-state index in [2.05, 4.69) is 33.4 Å². The van der Waals surface area contributed by atoms with E-state index >= 15 is 0 Å². The van der Waals surface area contributed by atoms with Crippen molar-refractivity contribution in [3.8, 4) is 22.6 Å². The molecule has 0 amide bonds. The molecule has 0 aliphatic carbocycles. The Morgan fingerprint density at radius 1 is 0.840 bits per heavy atom. The maximum atomic E-state index is 4.87. The fraction of sp³-hybridized carbons (Fsp3) is 0.250. The van der Waals surface area contributed by atoms with Gasteiger partial charge >= 0.3 is 0 Å². The van der Waals surface area contributed by atoms with Crippen molar-refractivity contribution in [2.45, 2.75) is 6.42 Å². The maximum Gasteiger partial charge on any atom is 0.162 e. The fourth-order valence-electron chi connectivity index (χ4n) is 3.06. The van der Waals surface area contributed by atoms with Crippen molar-refractivity contribution >= 4 is 5.82 Å². The first-order chi connectivity index (χ1) is 12.4. The topological polar surface area (TPSA) is 53.9 Å². The molecule has 1 saturated heterocycles. The number of hydrogen-bond donors (Lipinski definition) is 1. The van der Waals surface area contributed by atoms with Gasteiger partial charge in [-0.1, -0.05) is 30.3 Å². The van der Waals surface area contributed by atoms with E-state index in [0.29, 0.717) is 0 Å². The van der Waals surface area contributed by atoms with Gasteiger partial charge in [0, 0.05) is 49.2 Å². The Balaban J connectivity index is 1.80. The van der Waals surface area contributed by atoms with Gasteiger partial charge in [0.15, 0.2) is 5.82 Å². The van der Waals surface area contributed by atoms with E-state index in [4.69, 9.17) is 9.97 Å². The first-order valence-electron chi connectivity index (χ1n) is 8.71. The molecule has 0 bridgehead atoms. The summed E-state index contributed by atoms with van der Waals surface area (Å²) in [5.41, 5.74) is 3.03. The highest BCUT2D eigenvalue weighted by Crippen LogP contribution is 2.26. The molecular formula is C20H21N5. The van der Waals surface area contributed by atoms with Crippen LogP contribution in [0.1, 0.15) is 6.42 Å². The van der Waals surface area contributed by atoms with Gasteiger partial charge in [-0.2, -0.15) is 0 Å². The molecule has 5 heteroatoms. The minimum Gasteiger partial charge on any atom is -0.355 e. The van der Waals surface area contributed by atoms with E-state index in [-0.39, 0.29) is 0 Å². The van der Waals surface area contributed by atoms with E-state index < -0.39 is 0 Å². The quantitative estimate of drug-likeness (QED) is 0.799. The first-order valence-corrected chi connectivity index (χ1v) is 8.71.